The Morgan fingerprint density at radius 3 is 2.96 bits per heavy atom. The number of thiophene rings is 1. The van der Waals surface area contributed by atoms with Crippen molar-refractivity contribution in [3.05, 3.63) is 40.2 Å². The zero-order valence-electron chi connectivity index (χ0n) is 15.0. The Morgan fingerprint density at radius 2 is 2.23 bits per heavy atom. The molecule has 6 nitrogen and oxygen atoms in total. The molecular weight excluding hydrogens is 354 g/mol. The van der Waals surface area contributed by atoms with Gasteiger partial charge in [0.15, 0.2) is 5.76 Å². The Balaban J connectivity index is 1.82. The maximum Gasteiger partial charge on any atom is 0.250 e. The normalized spacial score (nSPS) is 16.3. The maximum absolute atomic E-state index is 12.9. The molecule has 2 aromatic rings. The second kappa shape index (κ2) is 8.62. The lowest BCUT2D eigenvalue weighted by Crippen LogP contribution is -2.20. The molecule has 0 saturated heterocycles. The summed E-state index contributed by atoms with van der Waals surface area (Å²) in [5.74, 6) is 0.406. The highest BCUT2D eigenvalue weighted by molar-refractivity contribution is 7.17. The molecule has 2 heterocycles. The van der Waals surface area contributed by atoms with Crippen LogP contribution in [0.4, 0.5) is 5.00 Å². The van der Waals surface area contributed by atoms with Gasteiger partial charge in [0.05, 0.1) is 25.0 Å². The van der Waals surface area contributed by atoms with Crippen LogP contribution in [-0.2, 0) is 27.1 Å². The van der Waals surface area contributed by atoms with Crippen molar-refractivity contribution in [3.8, 4) is 0 Å². The number of hydrogen-bond donors (Lipinski definition) is 1. The molecule has 1 N–H and O–H groups in total. The Labute approximate surface area is 156 Å². The number of anilines is 1. The van der Waals surface area contributed by atoms with Crippen LogP contribution in [0, 0.1) is 5.92 Å². The van der Waals surface area contributed by atoms with Gasteiger partial charge < -0.3 is 19.2 Å². The number of ketones is 1. The van der Waals surface area contributed by atoms with Gasteiger partial charge in [-0.25, -0.2) is 0 Å². The van der Waals surface area contributed by atoms with Crippen LogP contribution in [0.5, 0.6) is 0 Å². The number of amides is 1. The van der Waals surface area contributed by atoms with E-state index in [-0.39, 0.29) is 24.1 Å². The zero-order valence-corrected chi connectivity index (χ0v) is 15.8. The SMILES string of the molecule is COCCOCC(=O)Nc1sc2c(c1C(=O)c1ccco1)CCC(C)C2. The van der Waals surface area contributed by atoms with Crippen molar-refractivity contribution in [1.29, 1.82) is 0 Å². The van der Waals surface area contributed by atoms with Crippen LogP contribution in [0.2, 0.25) is 0 Å². The third-order valence-electron chi connectivity index (χ3n) is 4.40. The highest BCUT2D eigenvalue weighted by atomic mass is 32.1. The van der Waals surface area contributed by atoms with Gasteiger partial charge in [0, 0.05) is 12.0 Å². The molecule has 0 aliphatic heterocycles. The van der Waals surface area contributed by atoms with Crippen LogP contribution in [0.25, 0.3) is 0 Å². The average Bonchev–Trinajstić information content (AvgIpc) is 3.25. The number of fused-ring (bicyclic) bond motifs is 1. The smallest absolute Gasteiger partial charge is 0.250 e. The van der Waals surface area contributed by atoms with Crippen LogP contribution in [0.3, 0.4) is 0 Å². The van der Waals surface area contributed by atoms with Crippen LogP contribution in [-0.4, -0.2) is 38.6 Å². The lowest BCUT2D eigenvalue weighted by molar-refractivity contribution is -0.121. The third-order valence-corrected chi connectivity index (χ3v) is 5.57. The molecule has 0 spiro atoms. The average molecular weight is 377 g/mol. The largest absolute Gasteiger partial charge is 0.461 e. The van der Waals surface area contributed by atoms with E-state index in [2.05, 4.69) is 12.2 Å². The highest BCUT2D eigenvalue weighted by Gasteiger charge is 2.29. The first-order chi connectivity index (χ1) is 12.6. The Bertz CT molecular complexity index is 765. The molecule has 1 aliphatic carbocycles. The van der Waals surface area contributed by atoms with E-state index in [1.807, 2.05) is 0 Å². The molecule has 2 aromatic heterocycles. The Kier molecular flexibility index (Phi) is 6.24. The Hall–Kier alpha value is -1.96. The van der Waals surface area contributed by atoms with Crippen molar-refractivity contribution in [2.24, 2.45) is 5.92 Å². The second-order valence-corrected chi connectivity index (χ2v) is 7.56. The summed E-state index contributed by atoms with van der Waals surface area (Å²) < 4.78 is 15.4. The van der Waals surface area contributed by atoms with Crippen LogP contribution >= 0.6 is 11.3 Å². The molecule has 1 amide bonds. The number of hydrogen-bond acceptors (Lipinski definition) is 6. The number of methoxy groups -OCH3 is 1. The van der Waals surface area contributed by atoms with Gasteiger partial charge in [0.25, 0.3) is 5.91 Å². The fourth-order valence-corrected chi connectivity index (χ4v) is 4.50. The number of ether oxygens (including phenoxy) is 2. The van der Waals surface area contributed by atoms with Crippen molar-refractivity contribution in [2.45, 2.75) is 26.2 Å². The van der Waals surface area contributed by atoms with Gasteiger partial charge in [0.2, 0.25) is 5.78 Å². The van der Waals surface area contributed by atoms with Gasteiger partial charge in [-0.15, -0.1) is 11.3 Å². The summed E-state index contributed by atoms with van der Waals surface area (Å²) >= 11 is 1.49. The fraction of sp³-hybridized carbons (Fsp3) is 0.474. The first-order valence-corrected chi connectivity index (χ1v) is 9.51. The molecule has 0 saturated carbocycles. The number of carbonyl (C=O) groups is 2. The lowest BCUT2D eigenvalue weighted by Gasteiger charge is -2.18. The van der Waals surface area contributed by atoms with Crippen LogP contribution < -0.4 is 5.32 Å². The molecule has 0 bridgehead atoms. The van der Waals surface area contributed by atoms with E-state index in [0.29, 0.717) is 29.7 Å². The molecule has 0 fully saturated rings. The lowest BCUT2D eigenvalue weighted by atomic mass is 9.87. The minimum atomic E-state index is -0.277. The van der Waals surface area contributed by atoms with Gasteiger partial charge in [-0.3, -0.25) is 9.59 Å². The van der Waals surface area contributed by atoms with E-state index in [9.17, 15) is 9.59 Å². The van der Waals surface area contributed by atoms with Crippen molar-refractivity contribution < 1.29 is 23.5 Å². The van der Waals surface area contributed by atoms with Crippen molar-refractivity contribution in [3.63, 3.8) is 0 Å². The van der Waals surface area contributed by atoms with Gasteiger partial charge in [-0.05, 0) is 42.9 Å². The van der Waals surface area contributed by atoms with Crippen molar-refractivity contribution >= 4 is 28.0 Å². The summed E-state index contributed by atoms with van der Waals surface area (Å²) in [6, 6.07) is 3.34. The predicted molar refractivity (Wildman–Crippen MR) is 99.0 cm³/mol. The topological polar surface area (TPSA) is 77.8 Å². The van der Waals surface area contributed by atoms with E-state index >= 15 is 0 Å². The highest BCUT2D eigenvalue weighted by Crippen LogP contribution is 2.40. The summed E-state index contributed by atoms with van der Waals surface area (Å²) in [5, 5.41) is 3.44. The minimum Gasteiger partial charge on any atom is -0.461 e. The van der Waals surface area contributed by atoms with Crippen molar-refractivity contribution in [2.75, 3.05) is 32.2 Å². The number of furan rings is 1. The molecule has 1 unspecified atom stereocenters. The number of rotatable bonds is 8. The number of nitrogens with one attached hydrogen (secondary N) is 1. The van der Waals surface area contributed by atoms with Crippen LogP contribution in [0.15, 0.2) is 22.8 Å². The molecule has 1 aliphatic rings. The minimum absolute atomic E-state index is 0.0727. The molecule has 26 heavy (non-hydrogen) atoms. The zero-order chi connectivity index (χ0) is 18.5. The van der Waals surface area contributed by atoms with E-state index in [1.54, 1.807) is 19.2 Å². The summed E-state index contributed by atoms with van der Waals surface area (Å²) in [4.78, 5) is 26.3. The van der Waals surface area contributed by atoms with E-state index < -0.39 is 0 Å². The molecule has 140 valence electrons. The summed E-state index contributed by atoms with van der Waals surface area (Å²) in [7, 11) is 1.58. The van der Waals surface area contributed by atoms with Gasteiger partial charge in [0.1, 0.15) is 11.6 Å². The van der Waals surface area contributed by atoms with Crippen molar-refractivity contribution in [1.82, 2.24) is 0 Å². The standard InChI is InChI=1S/C19H23NO5S/c1-12-5-6-13-15(10-12)26-19(20-16(21)11-24-9-8-23-2)17(13)18(22)14-4-3-7-25-14/h3-4,7,12H,5-6,8-11H2,1-2H3,(H,20,21). The van der Waals surface area contributed by atoms with Crippen LogP contribution in [0.1, 0.15) is 39.9 Å². The quantitative estimate of drug-likeness (QED) is 0.564. The molecule has 0 aromatic carbocycles. The first-order valence-electron chi connectivity index (χ1n) is 8.69. The third kappa shape index (κ3) is 4.23. The van der Waals surface area contributed by atoms with E-state index in [4.69, 9.17) is 13.9 Å². The molecule has 7 heteroatoms. The molecule has 3 rings (SSSR count). The monoisotopic (exact) mass is 377 g/mol. The predicted octanol–water partition coefficient (Wildman–Crippen LogP) is 3.30. The van der Waals surface area contributed by atoms with Gasteiger partial charge in [-0.2, -0.15) is 0 Å². The van der Waals surface area contributed by atoms with E-state index in [1.165, 1.54) is 22.5 Å². The molecular formula is C19H23NO5S. The summed E-state index contributed by atoms with van der Waals surface area (Å²) in [6.07, 6.45) is 4.29. The first kappa shape index (κ1) is 18.8. The molecule has 1 atom stereocenters. The van der Waals surface area contributed by atoms with Gasteiger partial charge in [-0.1, -0.05) is 6.92 Å². The van der Waals surface area contributed by atoms with Gasteiger partial charge >= 0.3 is 0 Å². The van der Waals surface area contributed by atoms with E-state index in [0.717, 1.165) is 24.8 Å². The Morgan fingerprint density at radius 1 is 1.38 bits per heavy atom. The fourth-order valence-electron chi connectivity index (χ4n) is 3.08. The summed E-state index contributed by atoms with van der Waals surface area (Å²) in [6.45, 7) is 2.91. The molecule has 0 radical (unpaired) electrons. The number of carbonyl (C=O) groups excluding carboxylic acids is 2. The summed E-state index contributed by atoms with van der Waals surface area (Å²) in [5.41, 5.74) is 1.61. The maximum atomic E-state index is 12.9. The second-order valence-electron chi connectivity index (χ2n) is 6.46.